The van der Waals surface area contributed by atoms with Crippen LogP contribution in [0.1, 0.15) is 17.5 Å². The van der Waals surface area contributed by atoms with Crippen LogP contribution in [0.2, 0.25) is 0 Å². The average molecular weight is 294 g/mol. The molecule has 108 valence electrons. The summed E-state index contributed by atoms with van der Waals surface area (Å²) in [6.45, 7) is 2.61. The lowest BCUT2D eigenvalue weighted by molar-refractivity contribution is 0.189. The van der Waals surface area contributed by atoms with Gasteiger partial charge in [0.25, 0.3) is 0 Å². The molecule has 1 atom stereocenters. The number of β-amino-alcohol motifs (C(OH)–C–C–N with tert-alkyl or cyclic N) is 1. The first-order valence-electron chi connectivity index (χ1n) is 6.43. The van der Waals surface area contributed by atoms with E-state index < -0.39 is 16.1 Å². The fourth-order valence-corrected chi connectivity index (χ4v) is 3.74. The normalized spacial score (nSPS) is 19.6. The van der Waals surface area contributed by atoms with Gasteiger partial charge in [0.15, 0.2) is 0 Å². The standard InChI is InChI=1S/C14H18N2O3S/c1-11-9-14(5-4-12(11)3-2-7-15)20(18,19)16-8-6-13(17)10-16/h4-5,9,13,17H,6-8,10,15H2,1H3. The Labute approximate surface area is 119 Å². The Kier molecular flexibility index (Phi) is 4.45. The highest BCUT2D eigenvalue weighted by Gasteiger charge is 2.31. The summed E-state index contributed by atoms with van der Waals surface area (Å²) < 4.78 is 26.1. The van der Waals surface area contributed by atoms with Gasteiger partial charge < -0.3 is 10.8 Å². The zero-order valence-electron chi connectivity index (χ0n) is 11.3. The number of benzene rings is 1. The van der Waals surface area contributed by atoms with Gasteiger partial charge in [-0.3, -0.25) is 0 Å². The molecular weight excluding hydrogens is 276 g/mol. The highest BCUT2D eigenvalue weighted by atomic mass is 32.2. The van der Waals surface area contributed by atoms with Crippen molar-refractivity contribution in [2.24, 2.45) is 5.73 Å². The van der Waals surface area contributed by atoms with Crippen molar-refractivity contribution in [1.29, 1.82) is 0 Å². The van der Waals surface area contributed by atoms with Gasteiger partial charge in [0.1, 0.15) is 0 Å². The van der Waals surface area contributed by atoms with Crippen LogP contribution in [0.25, 0.3) is 0 Å². The highest BCUT2D eigenvalue weighted by molar-refractivity contribution is 7.89. The van der Waals surface area contributed by atoms with Gasteiger partial charge in [-0.05, 0) is 37.1 Å². The van der Waals surface area contributed by atoms with Crippen molar-refractivity contribution in [3.63, 3.8) is 0 Å². The van der Waals surface area contributed by atoms with Gasteiger partial charge in [-0.2, -0.15) is 4.31 Å². The van der Waals surface area contributed by atoms with Crippen LogP contribution in [0, 0.1) is 18.8 Å². The largest absolute Gasteiger partial charge is 0.392 e. The second-order valence-electron chi connectivity index (χ2n) is 4.79. The molecule has 2 rings (SSSR count). The third-order valence-corrected chi connectivity index (χ3v) is 5.15. The zero-order valence-corrected chi connectivity index (χ0v) is 12.2. The molecule has 0 bridgehead atoms. The molecule has 1 heterocycles. The predicted octanol–water partition coefficient (Wildman–Crippen LogP) is 0.0605. The van der Waals surface area contributed by atoms with Crippen LogP contribution in [-0.2, 0) is 10.0 Å². The minimum absolute atomic E-state index is 0.163. The number of rotatable bonds is 2. The maximum Gasteiger partial charge on any atom is 0.243 e. The molecule has 1 saturated heterocycles. The Morgan fingerprint density at radius 3 is 2.80 bits per heavy atom. The molecule has 5 nitrogen and oxygen atoms in total. The number of hydrogen-bond acceptors (Lipinski definition) is 4. The van der Waals surface area contributed by atoms with Crippen molar-refractivity contribution in [3.8, 4) is 11.8 Å². The molecular formula is C14H18N2O3S. The van der Waals surface area contributed by atoms with E-state index in [1.54, 1.807) is 18.2 Å². The van der Waals surface area contributed by atoms with Crippen molar-refractivity contribution < 1.29 is 13.5 Å². The molecule has 3 N–H and O–H groups in total. The third-order valence-electron chi connectivity index (χ3n) is 3.29. The van der Waals surface area contributed by atoms with Gasteiger partial charge >= 0.3 is 0 Å². The molecule has 0 aliphatic carbocycles. The van der Waals surface area contributed by atoms with Crippen LogP contribution in [0.15, 0.2) is 23.1 Å². The second-order valence-corrected chi connectivity index (χ2v) is 6.73. The molecule has 6 heteroatoms. The maximum atomic E-state index is 12.4. The van der Waals surface area contributed by atoms with Crippen LogP contribution >= 0.6 is 0 Å². The summed E-state index contributed by atoms with van der Waals surface area (Å²) in [6, 6.07) is 4.85. The molecule has 0 amide bonds. The van der Waals surface area contributed by atoms with E-state index in [2.05, 4.69) is 11.8 Å². The van der Waals surface area contributed by atoms with Crippen molar-refractivity contribution in [2.75, 3.05) is 19.6 Å². The van der Waals surface area contributed by atoms with E-state index in [9.17, 15) is 13.5 Å². The van der Waals surface area contributed by atoms with Gasteiger partial charge in [-0.15, -0.1) is 0 Å². The van der Waals surface area contributed by atoms with Crippen molar-refractivity contribution in [1.82, 2.24) is 4.31 Å². The highest BCUT2D eigenvalue weighted by Crippen LogP contribution is 2.22. The smallest absolute Gasteiger partial charge is 0.243 e. The van der Waals surface area contributed by atoms with Gasteiger partial charge in [-0.25, -0.2) is 8.42 Å². The number of aliphatic hydroxyl groups excluding tert-OH is 1. The van der Waals surface area contributed by atoms with E-state index in [4.69, 9.17) is 5.73 Å². The van der Waals surface area contributed by atoms with Crippen molar-refractivity contribution in [2.45, 2.75) is 24.3 Å². The Morgan fingerprint density at radius 1 is 1.50 bits per heavy atom. The molecule has 20 heavy (non-hydrogen) atoms. The summed E-state index contributed by atoms with van der Waals surface area (Å²) in [5, 5.41) is 9.47. The molecule has 1 aliphatic rings. The first-order valence-corrected chi connectivity index (χ1v) is 7.87. The fraction of sp³-hybridized carbons (Fsp3) is 0.429. The summed E-state index contributed by atoms with van der Waals surface area (Å²) in [5.41, 5.74) is 6.89. The molecule has 0 aromatic heterocycles. The number of nitrogens with two attached hydrogens (primary N) is 1. The number of aryl methyl sites for hydroxylation is 1. The topological polar surface area (TPSA) is 83.6 Å². The number of sulfonamides is 1. The van der Waals surface area contributed by atoms with Crippen LogP contribution in [0.3, 0.4) is 0 Å². The molecule has 0 saturated carbocycles. The average Bonchev–Trinajstić information content (AvgIpc) is 2.84. The van der Waals surface area contributed by atoms with E-state index in [1.165, 1.54) is 4.31 Å². The van der Waals surface area contributed by atoms with Crippen LogP contribution in [0.5, 0.6) is 0 Å². The van der Waals surface area contributed by atoms with E-state index in [1.807, 2.05) is 6.92 Å². The SMILES string of the molecule is Cc1cc(S(=O)(=O)N2CCC(O)C2)ccc1C#CCN. The Balaban J connectivity index is 2.31. The maximum absolute atomic E-state index is 12.4. The summed E-state index contributed by atoms with van der Waals surface area (Å²) in [7, 11) is -3.53. The van der Waals surface area contributed by atoms with Crippen LogP contribution in [-0.4, -0.2) is 43.6 Å². The fourth-order valence-electron chi connectivity index (χ4n) is 2.16. The van der Waals surface area contributed by atoms with E-state index in [0.29, 0.717) is 13.0 Å². The Bertz CT molecular complexity index is 659. The lowest BCUT2D eigenvalue weighted by Crippen LogP contribution is -2.29. The van der Waals surface area contributed by atoms with E-state index in [-0.39, 0.29) is 18.0 Å². The number of hydrogen-bond donors (Lipinski definition) is 2. The second kappa shape index (κ2) is 5.94. The van der Waals surface area contributed by atoms with Crippen molar-refractivity contribution >= 4 is 10.0 Å². The molecule has 1 aliphatic heterocycles. The molecule has 1 unspecified atom stereocenters. The third kappa shape index (κ3) is 3.02. The van der Waals surface area contributed by atoms with Crippen molar-refractivity contribution in [3.05, 3.63) is 29.3 Å². The monoisotopic (exact) mass is 294 g/mol. The molecule has 1 fully saturated rings. The quantitative estimate of drug-likeness (QED) is 0.756. The predicted molar refractivity (Wildman–Crippen MR) is 76.5 cm³/mol. The lowest BCUT2D eigenvalue weighted by Gasteiger charge is -2.16. The number of nitrogens with zero attached hydrogens (tertiary/aromatic N) is 1. The minimum atomic E-state index is -3.53. The Hall–Kier alpha value is -1.39. The van der Waals surface area contributed by atoms with Crippen LogP contribution < -0.4 is 5.73 Å². The Morgan fingerprint density at radius 2 is 2.25 bits per heavy atom. The van der Waals surface area contributed by atoms with Gasteiger partial charge in [0.05, 0.1) is 17.5 Å². The summed E-state index contributed by atoms with van der Waals surface area (Å²) in [6.07, 6.45) is -0.0845. The molecule has 0 radical (unpaired) electrons. The summed E-state index contributed by atoms with van der Waals surface area (Å²) in [4.78, 5) is 0.238. The zero-order chi connectivity index (χ0) is 14.8. The summed E-state index contributed by atoms with van der Waals surface area (Å²) in [5.74, 6) is 5.65. The molecule has 1 aromatic rings. The number of aliphatic hydroxyl groups is 1. The first-order chi connectivity index (χ1) is 9.45. The first kappa shape index (κ1) is 15.0. The minimum Gasteiger partial charge on any atom is -0.392 e. The van der Waals surface area contributed by atoms with Crippen LogP contribution in [0.4, 0.5) is 0 Å². The van der Waals surface area contributed by atoms with E-state index >= 15 is 0 Å². The summed E-state index contributed by atoms with van der Waals surface area (Å²) >= 11 is 0. The lowest BCUT2D eigenvalue weighted by atomic mass is 10.1. The van der Waals surface area contributed by atoms with Gasteiger partial charge in [-0.1, -0.05) is 11.8 Å². The van der Waals surface area contributed by atoms with Gasteiger partial charge in [0, 0.05) is 18.7 Å². The molecule has 0 spiro atoms. The van der Waals surface area contributed by atoms with Gasteiger partial charge in [0.2, 0.25) is 10.0 Å². The molecule has 1 aromatic carbocycles. The van der Waals surface area contributed by atoms with E-state index in [0.717, 1.165) is 11.1 Å².